The molecule has 2 rings (SSSR count). The first-order chi connectivity index (χ1) is 9.60. The number of nitrogen functional groups attached to an aromatic ring is 1. The molecule has 20 heavy (non-hydrogen) atoms. The van der Waals surface area contributed by atoms with Crippen LogP contribution in [0.5, 0.6) is 0 Å². The number of nitrogens with one attached hydrogen (secondary N) is 1. The Balaban J connectivity index is 1.83. The van der Waals surface area contributed by atoms with Crippen LogP contribution in [-0.4, -0.2) is 29.9 Å². The van der Waals surface area contributed by atoms with Crippen LogP contribution in [0, 0.1) is 6.92 Å². The van der Waals surface area contributed by atoms with E-state index in [-0.39, 0.29) is 5.91 Å². The van der Waals surface area contributed by atoms with E-state index in [2.05, 4.69) is 17.1 Å². The molecule has 4 heteroatoms. The van der Waals surface area contributed by atoms with Gasteiger partial charge in [-0.3, -0.25) is 9.69 Å². The highest BCUT2D eigenvalue weighted by atomic mass is 16.1. The Morgan fingerprint density at radius 3 is 3.00 bits per heavy atom. The van der Waals surface area contributed by atoms with Crippen molar-refractivity contribution in [1.29, 1.82) is 0 Å². The minimum atomic E-state index is 0.0830. The number of rotatable bonds is 5. The van der Waals surface area contributed by atoms with Crippen LogP contribution in [0.3, 0.4) is 0 Å². The molecule has 0 saturated carbocycles. The zero-order valence-electron chi connectivity index (χ0n) is 12.5. The van der Waals surface area contributed by atoms with E-state index in [9.17, 15) is 4.79 Å². The Hall–Kier alpha value is -1.55. The maximum atomic E-state index is 12.0. The van der Waals surface area contributed by atoms with E-state index < -0.39 is 0 Å². The summed E-state index contributed by atoms with van der Waals surface area (Å²) in [6.07, 6.45) is 4.27. The third kappa shape index (κ3) is 3.73. The molecule has 1 aromatic rings. The van der Waals surface area contributed by atoms with Crippen molar-refractivity contribution in [2.24, 2.45) is 0 Å². The van der Waals surface area contributed by atoms with E-state index in [1.807, 2.05) is 25.1 Å². The van der Waals surface area contributed by atoms with E-state index in [4.69, 9.17) is 5.73 Å². The second kappa shape index (κ2) is 6.75. The van der Waals surface area contributed by atoms with E-state index in [0.29, 0.717) is 12.5 Å². The lowest BCUT2D eigenvalue weighted by atomic mass is 10.1. The molecule has 1 aliphatic heterocycles. The van der Waals surface area contributed by atoms with Crippen molar-refractivity contribution in [3.8, 4) is 0 Å². The highest BCUT2D eigenvalue weighted by Crippen LogP contribution is 2.20. The summed E-state index contributed by atoms with van der Waals surface area (Å²) < 4.78 is 0. The summed E-state index contributed by atoms with van der Waals surface area (Å²) >= 11 is 0. The molecule has 1 aliphatic rings. The molecule has 110 valence electrons. The molecular formula is C16H25N3O. The van der Waals surface area contributed by atoms with Gasteiger partial charge in [-0.25, -0.2) is 0 Å². The molecule has 0 aliphatic carbocycles. The fraction of sp³-hybridized carbons (Fsp3) is 0.562. The SMILES string of the molecule is CCC1CCCN1CCC(=O)Nc1ccc(N)cc1C. The Labute approximate surface area is 121 Å². The maximum absolute atomic E-state index is 12.0. The lowest BCUT2D eigenvalue weighted by Crippen LogP contribution is -2.32. The van der Waals surface area contributed by atoms with Crippen LogP contribution in [0.25, 0.3) is 0 Å². The number of hydrogen-bond acceptors (Lipinski definition) is 3. The third-order valence-electron chi connectivity index (χ3n) is 4.12. The van der Waals surface area contributed by atoms with Crippen molar-refractivity contribution in [3.05, 3.63) is 23.8 Å². The molecule has 0 bridgehead atoms. The van der Waals surface area contributed by atoms with Gasteiger partial charge in [0.2, 0.25) is 5.91 Å². The smallest absolute Gasteiger partial charge is 0.225 e. The number of nitrogens with zero attached hydrogens (tertiary/aromatic N) is 1. The number of carbonyl (C=O) groups excluding carboxylic acids is 1. The summed E-state index contributed by atoms with van der Waals surface area (Å²) in [7, 11) is 0. The van der Waals surface area contributed by atoms with Gasteiger partial charge < -0.3 is 11.1 Å². The summed E-state index contributed by atoms with van der Waals surface area (Å²) in [5, 5.41) is 2.97. The predicted octanol–water partition coefficient (Wildman–Crippen LogP) is 2.78. The second-order valence-electron chi connectivity index (χ2n) is 5.61. The van der Waals surface area contributed by atoms with Gasteiger partial charge in [-0.2, -0.15) is 0 Å². The van der Waals surface area contributed by atoms with Gasteiger partial charge in [-0.1, -0.05) is 6.92 Å². The first-order valence-corrected chi connectivity index (χ1v) is 7.50. The van der Waals surface area contributed by atoms with Crippen molar-refractivity contribution < 1.29 is 4.79 Å². The standard InChI is InChI=1S/C16H25N3O/c1-3-14-5-4-9-19(14)10-8-16(20)18-15-7-6-13(17)11-12(15)2/h6-7,11,14H,3-5,8-10,17H2,1-2H3,(H,18,20). The Bertz CT molecular complexity index is 473. The lowest BCUT2D eigenvalue weighted by Gasteiger charge is -2.22. The van der Waals surface area contributed by atoms with Crippen LogP contribution < -0.4 is 11.1 Å². The summed E-state index contributed by atoms with van der Waals surface area (Å²) in [5.74, 6) is 0.0830. The monoisotopic (exact) mass is 275 g/mol. The van der Waals surface area contributed by atoms with Crippen molar-refractivity contribution in [1.82, 2.24) is 4.90 Å². The van der Waals surface area contributed by atoms with Gasteiger partial charge in [0, 0.05) is 30.4 Å². The largest absolute Gasteiger partial charge is 0.399 e. The Kier molecular flexibility index (Phi) is 5.01. The van der Waals surface area contributed by atoms with Gasteiger partial charge in [-0.15, -0.1) is 0 Å². The zero-order valence-corrected chi connectivity index (χ0v) is 12.5. The normalized spacial score (nSPS) is 19.2. The molecule has 0 radical (unpaired) electrons. The molecule has 1 heterocycles. The van der Waals surface area contributed by atoms with Crippen molar-refractivity contribution >= 4 is 17.3 Å². The van der Waals surface area contributed by atoms with Gasteiger partial charge in [0.15, 0.2) is 0 Å². The average Bonchev–Trinajstić information content (AvgIpc) is 2.87. The molecule has 1 amide bonds. The fourth-order valence-electron chi connectivity index (χ4n) is 2.94. The van der Waals surface area contributed by atoms with Crippen LogP contribution >= 0.6 is 0 Å². The number of benzene rings is 1. The average molecular weight is 275 g/mol. The van der Waals surface area contributed by atoms with Crippen LogP contribution in [0.2, 0.25) is 0 Å². The predicted molar refractivity (Wildman–Crippen MR) is 83.7 cm³/mol. The van der Waals surface area contributed by atoms with Crippen molar-refractivity contribution in [2.75, 3.05) is 24.1 Å². The van der Waals surface area contributed by atoms with Gasteiger partial charge in [0.25, 0.3) is 0 Å². The molecule has 4 nitrogen and oxygen atoms in total. The zero-order chi connectivity index (χ0) is 14.5. The number of anilines is 2. The van der Waals surface area contributed by atoms with Gasteiger partial charge in [-0.05, 0) is 56.5 Å². The van der Waals surface area contributed by atoms with Crippen LogP contribution in [0.15, 0.2) is 18.2 Å². The van der Waals surface area contributed by atoms with Gasteiger partial charge >= 0.3 is 0 Å². The minimum Gasteiger partial charge on any atom is -0.399 e. The number of aryl methyl sites for hydroxylation is 1. The Morgan fingerprint density at radius 2 is 2.30 bits per heavy atom. The third-order valence-corrected chi connectivity index (χ3v) is 4.12. The summed E-state index contributed by atoms with van der Waals surface area (Å²) in [4.78, 5) is 14.5. The molecule has 0 spiro atoms. The van der Waals surface area contributed by atoms with Crippen molar-refractivity contribution in [3.63, 3.8) is 0 Å². The first-order valence-electron chi connectivity index (χ1n) is 7.50. The number of nitrogens with two attached hydrogens (primary N) is 1. The number of likely N-dealkylation sites (tertiary alicyclic amines) is 1. The topological polar surface area (TPSA) is 58.4 Å². The highest BCUT2D eigenvalue weighted by Gasteiger charge is 2.22. The molecule has 1 fully saturated rings. The minimum absolute atomic E-state index is 0.0830. The van der Waals surface area contributed by atoms with E-state index >= 15 is 0 Å². The van der Waals surface area contributed by atoms with Gasteiger partial charge in [0.05, 0.1) is 0 Å². The number of hydrogen-bond donors (Lipinski definition) is 2. The fourth-order valence-corrected chi connectivity index (χ4v) is 2.94. The highest BCUT2D eigenvalue weighted by molar-refractivity contribution is 5.91. The molecule has 0 aromatic heterocycles. The quantitative estimate of drug-likeness (QED) is 0.812. The molecule has 1 saturated heterocycles. The van der Waals surface area contributed by atoms with Crippen molar-refractivity contribution in [2.45, 2.75) is 45.6 Å². The first kappa shape index (κ1) is 14.9. The number of carbonyl (C=O) groups is 1. The van der Waals surface area contributed by atoms with Gasteiger partial charge in [0.1, 0.15) is 0 Å². The second-order valence-corrected chi connectivity index (χ2v) is 5.61. The number of amides is 1. The maximum Gasteiger partial charge on any atom is 0.225 e. The van der Waals surface area contributed by atoms with E-state index in [0.717, 1.165) is 30.0 Å². The lowest BCUT2D eigenvalue weighted by molar-refractivity contribution is -0.116. The molecular weight excluding hydrogens is 250 g/mol. The van der Waals surface area contributed by atoms with E-state index in [1.54, 1.807) is 0 Å². The van der Waals surface area contributed by atoms with Crippen LogP contribution in [0.1, 0.15) is 38.2 Å². The summed E-state index contributed by atoms with van der Waals surface area (Å²) in [6, 6.07) is 6.23. The van der Waals surface area contributed by atoms with Crippen LogP contribution in [-0.2, 0) is 4.79 Å². The molecule has 1 unspecified atom stereocenters. The summed E-state index contributed by atoms with van der Waals surface area (Å²) in [6.45, 7) is 6.17. The van der Waals surface area contributed by atoms with E-state index in [1.165, 1.54) is 19.3 Å². The molecule has 1 atom stereocenters. The van der Waals surface area contributed by atoms with Crippen LogP contribution in [0.4, 0.5) is 11.4 Å². The molecule has 1 aromatic carbocycles. The molecule has 3 N–H and O–H groups in total. The Morgan fingerprint density at radius 1 is 1.50 bits per heavy atom. The summed E-state index contributed by atoms with van der Waals surface area (Å²) in [5.41, 5.74) is 8.30.